The van der Waals surface area contributed by atoms with E-state index >= 15 is 0 Å². The van der Waals surface area contributed by atoms with Crippen molar-refractivity contribution in [2.45, 2.75) is 26.4 Å². The number of benzene rings is 2. The predicted octanol–water partition coefficient (Wildman–Crippen LogP) is 1.91. The Bertz CT molecular complexity index is 1060. The summed E-state index contributed by atoms with van der Waals surface area (Å²) in [7, 11) is -0.148. The van der Waals surface area contributed by atoms with E-state index in [9.17, 15) is 22.4 Å². The van der Waals surface area contributed by atoms with E-state index in [1.165, 1.54) is 44.2 Å². The lowest BCUT2D eigenvalue weighted by Crippen LogP contribution is -2.52. The maximum Gasteiger partial charge on any atom is 0.304 e. The number of likely N-dealkylation sites (N-methyl/N-ethyl adjacent to an activating group) is 1. The van der Waals surface area contributed by atoms with Crippen molar-refractivity contribution in [3.05, 3.63) is 65.5 Å². The van der Waals surface area contributed by atoms with E-state index in [2.05, 4.69) is 5.32 Å². The number of halogens is 1. The van der Waals surface area contributed by atoms with Crippen molar-refractivity contribution < 1.29 is 22.4 Å². The molecule has 0 aliphatic heterocycles. The number of nitrogens with one attached hydrogen (secondary N) is 1. The Balaban J connectivity index is 2.45. The van der Waals surface area contributed by atoms with Crippen molar-refractivity contribution in [2.24, 2.45) is 0 Å². The molecule has 0 aliphatic carbocycles. The van der Waals surface area contributed by atoms with Crippen LogP contribution >= 0.6 is 0 Å². The third kappa shape index (κ3) is 5.83. The highest BCUT2D eigenvalue weighted by atomic mass is 32.2. The van der Waals surface area contributed by atoms with Gasteiger partial charge in [0.05, 0.1) is 5.69 Å². The van der Waals surface area contributed by atoms with Crippen molar-refractivity contribution >= 4 is 27.7 Å². The van der Waals surface area contributed by atoms with E-state index in [-0.39, 0.29) is 12.2 Å². The molecule has 2 aromatic rings. The average molecular weight is 465 g/mol. The second-order valence-corrected chi connectivity index (χ2v) is 9.61. The molecule has 2 aromatic carbocycles. The van der Waals surface area contributed by atoms with Gasteiger partial charge in [-0.3, -0.25) is 9.59 Å². The summed E-state index contributed by atoms with van der Waals surface area (Å²) < 4.78 is 42.0. The van der Waals surface area contributed by atoms with Crippen molar-refractivity contribution in [3.8, 4) is 0 Å². The highest BCUT2D eigenvalue weighted by molar-refractivity contribution is 7.90. The van der Waals surface area contributed by atoms with Crippen molar-refractivity contribution in [3.63, 3.8) is 0 Å². The molecule has 174 valence electrons. The third-order valence-electron chi connectivity index (χ3n) is 5.03. The van der Waals surface area contributed by atoms with Gasteiger partial charge in [-0.25, -0.2) is 8.70 Å². The smallest absolute Gasteiger partial charge is 0.304 e. The summed E-state index contributed by atoms with van der Waals surface area (Å²) in [6, 6.07) is 11.9. The summed E-state index contributed by atoms with van der Waals surface area (Å²) >= 11 is 0. The first-order chi connectivity index (χ1) is 15.0. The van der Waals surface area contributed by atoms with Crippen molar-refractivity contribution in [1.82, 2.24) is 14.5 Å². The van der Waals surface area contributed by atoms with Crippen LogP contribution in [0.5, 0.6) is 0 Å². The third-order valence-corrected chi connectivity index (χ3v) is 6.83. The summed E-state index contributed by atoms with van der Waals surface area (Å²) in [4.78, 5) is 26.9. The largest absolute Gasteiger partial charge is 0.357 e. The molecule has 0 heterocycles. The Hall–Kier alpha value is -2.98. The Kier molecular flexibility index (Phi) is 8.34. The molecule has 0 radical (unpaired) electrons. The molecule has 0 bridgehead atoms. The van der Waals surface area contributed by atoms with Crippen LogP contribution in [0.15, 0.2) is 48.5 Å². The summed E-state index contributed by atoms with van der Waals surface area (Å²) in [5, 5.41) is 2.50. The topological polar surface area (TPSA) is 90.0 Å². The van der Waals surface area contributed by atoms with E-state index in [0.717, 1.165) is 21.5 Å². The molecule has 0 spiro atoms. The van der Waals surface area contributed by atoms with Crippen LogP contribution in [0, 0.1) is 12.7 Å². The minimum Gasteiger partial charge on any atom is -0.357 e. The van der Waals surface area contributed by atoms with Crippen LogP contribution in [0.2, 0.25) is 0 Å². The number of nitrogens with zero attached hydrogens (tertiary/aromatic N) is 3. The van der Waals surface area contributed by atoms with E-state index in [4.69, 9.17) is 0 Å². The zero-order valence-electron chi connectivity index (χ0n) is 18.9. The Morgan fingerprint density at radius 1 is 1.06 bits per heavy atom. The van der Waals surface area contributed by atoms with Gasteiger partial charge in [0, 0.05) is 27.7 Å². The lowest BCUT2D eigenvalue weighted by atomic mass is 10.1. The minimum atomic E-state index is -4.19. The van der Waals surface area contributed by atoms with Gasteiger partial charge in [0.2, 0.25) is 11.8 Å². The van der Waals surface area contributed by atoms with Crippen LogP contribution in [0.4, 0.5) is 10.1 Å². The molecule has 0 saturated heterocycles. The molecule has 32 heavy (non-hydrogen) atoms. The first-order valence-electron chi connectivity index (χ1n) is 10.00. The molecule has 0 aliphatic rings. The lowest BCUT2D eigenvalue weighted by Gasteiger charge is -2.32. The fourth-order valence-corrected chi connectivity index (χ4v) is 4.10. The number of para-hydroxylation sites is 1. The summed E-state index contributed by atoms with van der Waals surface area (Å²) in [6.45, 7) is 2.90. The fourth-order valence-electron chi connectivity index (χ4n) is 3.04. The van der Waals surface area contributed by atoms with Crippen molar-refractivity contribution in [2.75, 3.05) is 32.0 Å². The Morgan fingerprint density at radius 2 is 1.66 bits per heavy atom. The van der Waals surface area contributed by atoms with E-state index in [0.29, 0.717) is 4.31 Å². The number of anilines is 1. The van der Waals surface area contributed by atoms with Gasteiger partial charge in [0.15, 0.2) is 0 Å². The van der Waals surface area contributed by atoms with Gasteiger partial charge < -0.3 is 10.2 Å². The van der Waals surface area contributed by atoms with E-state index in [1.54, 1.807) is 6.92 Å². The van der Waals surface area contributed by atoms with Gasteiger partial charge in [0.25, 0.3) is 0 Å². The molecule has 0 fully saturated rings. The first-order valence-corrected chi connectivity index (χ1v) is 11.4. The number of hydrogen-bond donors (Lipinski definition) is 1. The molecule has 0 saturated carbocycles. The van der Waals surface area contributed by atoms with Gasteiger partial charge in [-0.1, -0.05) is 42.0 Å². The minimum absolute atomic E-state index is 0.0842. The summed E-state index contributed by atoms with van der Waals surface area (Å²) in [5.41, 5.74) is 1.55. The molecule has 0 unspecified atom stereocenters. The van der Waals surface area contributed by atoms with E-state index in [1.807, 2.05) is 31.2 Å². The molecule has 1 atom stereocenters. The van der Waals surface area contributed by atoms with Crippen LogP contribution in [-0.4, -0.2) is 63.2 Å². The van der Waals surface area contributed by atoms with Gasteiger partial charge in [-0.05, 0) is 31.5 Å². The molecule has 0 aromatic heterocycles. The number of amides is 2. The van der Waals surface area contributed by atoms with Crippen LogP contribution in [-0.2, 0) is 26.3 Å². The maximum absolute atomic E-state index is 14.5. The van der Waals surface area contributed by atoms with Gasteiger partial charge in [0.1, 0.15) is 18.4 Å². The summed E-state index contributed by atoms with van der Waals surface area (Å²) in [6.07, 6.45) is 0. The number of rotatable bonds is 9. The van der Waals surface area contributed by atoms with Gasteiger partial charge in [-0.15, -0.1) is 0 Å². The van der Waals surface area contributed by atoms with Crippen LogP contribution < -0.4 is 9.62 Å². The average Bonchev–Trinajstić information content (AvgIpc) is 2.76. The number of carbonyl (C=O) groups excluding carboxylic acids is 2. The Morgan fingerprint density at radius 3 is 2.19 bits per heavy atom. The van der Waals surface area contributed by atoms with E-state index < -0.39 is 40.4 Å². The first kappa shape index (κ1) is 25.3. The number of hydrogen-bond acceptors (Lipinski definition) is 4. The highest BCUT2D eigenvalue weighted by Crippen LogP contribution is 2.23. The SMILES string of the molecule is CNC(=O)[C@@H](C)N(Cc1ccc(C)cc1)C(=O)CN(c1ccccc1F)S(=O)(=O)N(C)C. The molecule has 10 heteroatoms. The van der Waals surface area contributed by atoms with Crippen LogP contribution in [0.1, 0.15) is 18.1 Å². The fraction of sp³-hybridized carbons (Fsp3) is 0.364. The molecule has 8 nitrogen and oxygen atoms in total. The molecular weight excluding hydrogens is 435 g/mol. The second kappa shape index (κ2) is 10.6. The highest BCUT2D eigenvalue weighted by Gasteiger charge is 2.33. The van der Waals surface area contributed by atoms with Crippen molar-refractivity contribution in [1.29, 1.82) is 0 Å². The number of aryl methyl sites for hydroxylation is 1. The normalized spacial score (nSPS) is 12.3. The molecule has 2 rings (SSSR count). The number of carbonyl (C=O) groups is 2. The van der Waals surface area contributed by atoms with Crippen LogP contribution in [0.25, 0.3) is 0 Å². The lowest BCUT2D eigenvalue weighted by molar-refractivity contribution is -0.139. The zero-order chi connectivity index (χ0) is 24.1. The molecule has 1 N–H and O–H groups in total. The standard InChI is InChI=1S/C22H29FN4O4S/c1-16-10-12-18(13-11-16)14-26(17(2)22(29)24-3)21(28)15-27(32(30,31)25(4)5)20-9-7-6-8-19(20)23/h6-13,17H,14-15H2,1-5H3,(H,24,29)/t17-/m1/s1. The quantitative estimate of drug-likeness (QED) is 0.614. The maximum atomic E-state index is 14.5. The monoisotopic (exact) mass is 464 g/mol. The van der Waals surface area contributed by atoms with Gasteiger partial charge in [-0.2, -0.15) is 12.7 Å². The molecular formula is C22H29FN4O4S. The zero-order valence-corrected chi connectivity index (χ0v) is 19.7. The predicted molar refractivity (Wildman–Crippen MR) is 122 cm³/mol. The molecule has 2 amide bonds. The van der Waals surface area contributed by atoms with Gasteiger partial charge >= 0.3 is 10.2 Å². The van der Waals surface area contributed by atoms with Crippen LogP contribution in [0.3, 0.4) is 0 Å². The Labute approximate surface area is 188 Å². The second-order valence-electron chi connectivity index (χ2n) is 7.55. The summed E-state index contributed by atoms with van der Waals surface area (Å²) in [5.74, 6) is -1.83.